The Morgan fingerprint density at radius 2 is 2.14 bits per heavy atom. The molecule has 3 N–H and O–H groups in total. The van der Waals surface area contributed by atoms with Gasteiger partial charge in [-0.15, -0.1) is 0 Å². The second-order valence-electron chi connectivity index (χ2n) is 4.51. The van der Waals surface area contributed by atoms with Gasteiger partial charge < -0.3 is 15.8 Å². The van der Waals surface area contributed by atoms with Crippen LogP contribution >= 0.6 is 27.3 Å². The van der Waals surface area contributed by atoms with E-state index in [2.05, 4.69) is 26.2 Å². The van der Waals surface area contributed by atoms with Crippen molar-refractivity contribution < 1.29 is 9.53 Å². The van der Waals surface area contributed by atoms with Crippen LogP contribution in [0.1, 0.15) is 10.4 Å². The van der Waals surface area contributed by atoms with Crippen LogP contribution in [-0.2, 0) is 0 Å². The summed E-state index contributed by atoms with van der Waals surface area (Å²) >= 11 is 4.82. The summed E-state index contributed by atoms with van der Waals surface area (Å²) < 4.78 is 6.90. The van der Waals surface area contributed by atoms with Crippen molar-refractivity contribution in [3.63, 3.8) is 0 Å². The fourth-order valence-corrected chi connectivity index (χ4v) is 3.59. The zero-order valence-corrected chi connectivity index (χ0v) is 14.0. The molecular weight excluding hydrogens is 366 g/mol. The van der Waals surface area contributed by atoms with Gasteiger partial charge in [0.15, 0.2) is 5.13 Å². The third kappa shape index (κ3) is 2.77. The van der Waals surface area contributed by atoms with Gasteiger partial charge in [-0.05, 0) is 40.2 Å². The molecule has 3 rings (SSSR count). The van der Waals surface area contributed by atoms with Gasteiger partial charge in [-0.2, -0.15) is 0 Å². The van der Waals surface area contributed by atoms with Crippen molar-refractivity contribution in [1.82, 2.24) is 4.98 Å². The van der Waals surface area contributed by atoms with Gasteiger partial charge in [-0.25, -0.2) is 4.98 Å². The number of carbonyl (C=O) groups is 1. The molecule has 1 heterocycles. The number of nitrogens with zero attached hydrogens (tertiary/aromatic N) is 1. The SMILES string of the molecule is COc1ccccc1C(=O)Nc1cc(Br)c2nc(N)sc2c1. The number of nitrogens with one attached hydrogen (secondary N) is 1. The maximum atomic E-state index is 12.4. The molecule has 0 bridgehead atoms. The highest BCUT2D eigenvalue weighted by atomic mass is 79.9. The number of carbonyl (C=O) groups excluding carboxylic acids is 1. The van der Waals surface area contributed by atoms with E-state index in [1.54, 1.807) is 24.3 Å². The fraction of sp³-hybridized carbons (Fsp3) is 0.0667. The maximum Gasteiger partial charge on any atom is 0.259 e. The van der Waals surface area contributed by atoms with Crippen LogP contribution in [0, 0.1) is 0 Å². The first kappa shape index (κ1) is 14.8. The molecule has 112 valence electrons. The Bertz CT molecular complexity index is 863. The molecule has 0 spiro atoms. The summed E-state index contributed by atoms with van der Waals surface area (Å²) in [4.78, 5) is 16.6. The quantitative estimate of drug-likeness (QED) is 0.725. The van der Waals surface area contributed by atoms with Crippen molar-refractivity contribution in [3.05, 3.63) is 46.4 Å². The Hall–Kier alpha value is -2.12. The molecule has 22 heavy (non-hydrogen) atoms. The lowest BCUT2D eigenvalue weighted by Gasteiger charge is -2.09. The molecule has 3 aromatic rings. The predicted octanol–water partition coefficient (Wildman–Crippen LogP) is 3.90. The third-order valence-electron chi connectivity index (χ3n) is 3.07. The summed E-state index contributed by atoms with van der Waals surface area (Å²) in [5.74, 6) is 0.295. The number of thiazole rings is 1. The highest BCUT2D eigenvalue weighted by molar-refractivity contribution is 9.10. The summed E-state index contributed by atoms with van der Waals surface area (Å²) in [7, 11) is 1.54. The molecule has 2 aromatic carbocycles. The fourth-order valence-electron chi connectivity index (χ4n) is 2.11. The first-order chi connectivity index (χ1) is 10.6. The predicted molar refractivity (Wildman–Crippen MR) is 92.7 cm³/mol. The van der Waals surface area contributed by atoms with E-state index in [0.717, 1.165) is 14.7 Å². The molecule has 7 heteroatoms. The Morgan fingerprint density at radius 3 is 2.91 bits per heavy atom. The second-order valence-corrected chi connectivity index (χ2v) is 6.43. The van der Waals surface area contributed by atoms with Gasteiger partial charge in [0.1, 0.15) is 5.75 Å². The number of methoxy groups -OCH3 is 1. The average Bonchev–Trinajstić information content (AvgIpc) is 2.88. The van der Waals surface area contributed by atoms with Crippen LogP contribution in [0.4, 0.5) is 10.8 Å². The number of anilines is 2. The number of para-hydroxylation sites is 1. The largest absolute Gasteiger partial charge is 0.496 e. The Kier molecular flexibility index (Phi) is 4.00. The van der Waals surface area contributed by atoms with Crippen molar-refractivity contribution in [2.24, 2.45) is 0 Å². The number of halogens is 1. The highest BCUT2D eigenvalue weighted by Crippen LogP contribution is 2.33. The van der Waals surface area contributed by atoms with Gasteiger partial charge in [0.2, 0.25) is 0 Å². The highest BCUT2D eigenvalue weighted by Gasteiger charge is 2.13. The number of aromatic nitrogens is 1. The molecule has 1 amide bonds. The normalized spacial score (nSPS) is 10.6. The number of amides is 1. The van der Waals surface area contributed by atoms with E-state index in [1.807, 2.05) is 12.1 Å². The summed E-state index contributed by atoms with van der Waals surface area (Å²) in [6.45, 7) is 0. The Labute approximate surface area is 139 Å². The number of ether oxygens (including phenoxy) is 1. The number of benzene rings is 2. The van der Waals surface area contributed by atoms with Crippen molar-refractivity contribution in [2.45, 2.75) is 0 Å². The second kappa shape index (κ2) is 5.94. The molecule has 0 fully saturated rings. The Balaban J connectivity index is 1.94. The van der Waals surface area contributed by atoms with E-state index in [0.29, 0.717) is 22.1 Å². The van der Waals surface area contributed by atoms with Gasteiger partial charge in [-0.3, -0.25) is 4.79 Å². The number of fused-ring (bicyclic) bond motifs is 1. The van der Waals surface area contributed by atoms with Gasteiger partial charge >= 0.3 is 0 Å². The zero-order valence-electron chi connectivity index (χ0n) is 11.6. The van der Waals surface area contributed by atoms with Crippen molar-refractivity contribution in [1.29, 1.82) is 0 Å². The monoisotopic (exact) mass is 377 g/mol. The number of rotatable bonds is 3. The summed E-state index contributed by atoms with van der Waals surface area (Å²) in [5, 5.41) is 3.35. The standard InChI is InChI=1S/C15H12BrN3O2S/c1-21-11-5-3-2-4-9(11)14(20)18-8-6-10(16)13-12(7-8)22-15(17)19-13/h2-7H,1H3,(H2,17,19)(H,18,20). The molecule has 0 radical (unpaired) electrons. The van der Waals surface area contributed by atoms with E-state index in [4.69, 9.17) is 10.5 Å². The van der Waals surface area contributed by atoms with Crippen LogP contribution in [0.5, 0.6) is 5.75 Å². The van der Waals surface area contributed by atoms with E-state index in [1.165, 1.54) is 18.4 Å². The summed E-state index contributed by atoms with van der Waals surface area (Å²) in [6, 6.07) is 10.7. The minimum absolute atomic E-state index is 0.235. The molecular formula is C15H12BrN3O2S. The first-order valence-corrected chi connectivity index (χ1v) is 7.99. The minimum Gasteiger partial charge on any atom is -0.496 e. The van der Waals surface area contributed by atoms with Crippen LogP contribution in [0.15, 0.2) is 40.9 Å². The molecule has 0 unspecified atom stereocenters. The lowest BCUT2D eigenvalue weighted by atomic mass is 10.2. The van der Waals surface area contributed by atoms with E-state index >= 15 is 0 Å². The van der Waals surface area contributed by atoms with Crippen molar-refractivity contribution >= 4 is 54.2 Å². The molecule has 1 aromatic heterocycles. The summed E-state index contributed by atoms with van der Waals surface area (Å²) in [6.07, 6.45) is 0. The molecule has 0 aliphatic carbocycles. The molecule has 0 aliphatic rings. The average molecular weight is 378 g/mol. The molecule has 0 atom stereocenters. The number of nitrogen functional groups attached to an aromatic ring is 1. The molecule has 0 aliphatic heterocycles. The van der Waals surface area contributed by atoms with E-state index < -0.39 is 0 Å². The lowest BCUT2D eigenvalue weighted by Crippen LogP contribution is -2.13. The topological polar surface area (TPSA) is 77.2 Å². The van der Waals surface area contributed by atoms with Crippen LogP contribution in [-0.4, -0.2) is 18.0 Å². The molecule has 0 saturated heterocycles. The Morgan fingerprint density at radius 1 is 1.36 bits per heavy atom. The van der Waals surface area contributed by atoms with Gasteiger partial charge in [0.05, 0.1) is 22.9 Å². The maximum absolute atomic E-state index is 12.4. The molecule has 0 saturated carbocycles. The van der Waals surface area contributed by atoms with Crippen LogP contribution in [0.2, 0.25) is 0 Å². The molecule has 5 nitrogen and oxygen atoms in total. The minimum atomic E-state index is -0.235. The van der Waals surface area contributed by atoms with Crippen molar-refractivity contribution in [2.75, 3.05) is 18.2 Å². The van der Waals surface area contributed by atoms with E-state index in [9.17, 15) is 4.79 Å². The zero-order chi connectivity index (χ0) is 15.7. The number of hydrogen-bond acceptors (Lipinski definition) is 5. The number of nitrogens with two attached hydrogens (primary N) is 1. The smallest absolute Gasteiger partial charge is 0.259 e. The van der Waals surface area contributed by atoms with Crippen LogP contribution in [0.3, 0.4) is 0 Å². The lowest BCUT2D eigenvalue weighted by molar-refractivity contribution is 0.102. The van der Waals surface area contributed by atoms with Gasteiger partial charge in [0.25, 0.3) is 5.91 Å². The van der Waals surface area contributed by atoms with Gasteiger partial charge in [0, 0.05) is 10.2 Å². The van der Waals surface area contributed by atoms with Gasteiger partial charge in [-0.1, -0.05) is 23.5 Å². The first-order valence-electron chi connectivity index (χ1n) is 6.38. The third-order valence-corrected chi connectivity index (χ3v) is 4.51. The summed E-state index contributed by atoms with van der Waals surface area (Å²) in [5.41, 5.74) is 7.65. The van der Waals surface area contributed by atoms with Crippen LogP contribution < -0.4 is 15.8 Å². The van der Waals surface area contributed by atoms with Crippen LogP contribution in [0.25, 0.3) is 10.2 Å². The number of hydrogen-bond donors (Lipinski definition) is 2. The van der Waals surface area contributed by atoms with E-state index in [-0.39, 0.29) is 5.91 Å². The van der Waals surface area contributed by atoms with Crippen molar-refractivity contribution in [3.8, 4) is 5.75 Å².